The van der Waals surface area contributed by atoms with Crippen LogP contribution in [0.25, 0.3) is 0 Å². The summed E-state index contributed by atoms with van der Waals surface area (Å²) in [6.07, 6.45) is 0.979. The van der Waals surface area contributed by atoms with Crippen LogP contribution in [0.4, 0.5) is 0 Å². The molecule has 0 saturated carbocycles. The van der Waals surface area contributed by atoms with Crippen LogP contribution in [0.15, 0.2) is 23.1 Å². The summed E-state index contributed by atoms with van der Waals surface area (Å²) in [4.78, 5) is 10.2. The Balaban J connectivity index is 3.45. The number of carboxylic acid groups (broad SMARTS) is 1. The van der Waals surface area contributed by atoms with Crippen LogP contribution in [0.2, 0.25) is 0 Å². The van der Waals surface area contributed by atoms with Gasteiger partial charge >= 0.3 is 5.97 Å². The molecule has 0 amide bonds. The first kappa shape index (κ1) is 14.9. The average molecular weight is 313 g/mol. The second kappa shape index (κ2) is 4.87. The van der Waals surface area contributed by atoms with Gasteiger partial charge in [0, 0.05) is 16.9 Å². The van der Waals surface area contributed by atoms with E-state index < -0.39 is 41.1 Å². The summed E-state index contributed by atoms with van der Waals surface area (Å²) in [6.45, 7) is 0. The van der Waals surface area contributed by atoms with Gasteiger partial charge in [-0.1, -0.05) is 6.07 Å². The second-order valence-electron chi connectivity index (χ2n) is 3.64. The highest BCUT2D eigenvalue weighted by molar-refractivity contribution is 8.13. The topological polar surface area (TPSA) is 106 Å². The summed E-state index contributed by atoms with van der Waals surface area (Å²) in [5.74, 6) is -1.85. The Labute approximate surface area is 109 Å². The van der Waals surface area contributed by atoms with Crippen LogP contribution >= 0.6 is 10.7 Å². The van der Waals surface area contributed by atoms with Crippen molar-refractivity contribution in [1.29, 1.82) is 0 Å². The molecule has 1 aromatic carbocycles. The number of benzene rings is 1. The van der Waals surface area contributed by atoms with E-state index in [1.165, 1.54) is 6.07 Å². The molecule has 0 aliphatic rings. The molecule has 0 saturated heterocycles. The lowest BCUT2D eigenvalue weighted by molar-refractivity contribution is 0.0692. The Morgan fingerprint density at radius 2 is 1.83 bits per heavy atom. The lowest BCUT2D eigenvalue weighted by Gasteiger charge is -2.05. The van der Waals surface area contributed by atoms with Gasteiger partial charge in [0.05, 0.1) is 16.2 Å². The molecule has 18 heavy (non-hydrogen) atoms. The Morgan fingerprint density at radius 1 is 1.28 bits per heavy atom. The van der Waals surface area contributed by atoms with Crippen LogP contribution in [0, 0.1) is 0 Å². The third-order valence-electron chi connectivity index (χ3n) is 1.97. The van der Waals surface area contributed by atoms with Gasteiger partial charge in [0.1, 0.15) is 0 Å². The zero-order chi connectivity index (χ0) is 14.1. The van der Waals surface area contributed by atoms with Crippen molar-refractivity contribution in [3.8, 4) is 0 Å². The second-order valence-corrected chi connectivity index (χ2v) is 8.32. The van der Waals surface area contributed by atoms with E-state index in [1.807, 2.05) is 0 Å². The van der Waals surface area contributed by atoms with Crippen molar-refractivity contribution < 1.29 is 26.7 Å². The highest BCUT2D eigenvalue weighted by Gasteiger charge is 2.21. The number of rotatable bonds is 4. The molecule has 0 bridgehead atoms. The van der Waals surface area contributed by atoms with E-state index in [2.05, 4.69) is 0 Å². The van der Waals surface area contributed by atoms with Crippen molar-refractivity contribution in [2.75, 3.05) is 6.26 Å². The van der Waals surface area contributed by atoms with Crippen LogP contribution in [0.5, 0.6) is 0 Å². The Kier molecular flexibility index (Phi) is 4.04. The first-order chi connectivity index (χ1) is 8.00. The lowest BCUT2D eigenvalue weighted by Crippen LogP contribution is -2.07. The fourth-order valence-electron chi connectivity index (χ4n) is 1.34. The van der Waals surface area contributed by atoms with Gasteiger partial charge in [0.15, 0.2) is 9.84 Å². The molecule has 6 nitrogen and oxygen atoms in total. The van der Waals surface area contributed by atoms with Crippen LogP contribution in [-0.2, 0) is 24.6 Å². The van der Waals surface area contributed by atoms with Crippen molar-refractivity contribution in [1.82, 2.24) is 0 Å². The van der Waals surface area contributed by atoms with Crippen molar-refractivity contribution in [3.63, 3.8) is 0 Å². The molecule has 0 fully saturated rings. The molecule has 0 aliphatic carbocycles. The molecule has 0 radical (unpaired) electrons. The summed E-state index contributed by atoms with van der Waals surface area (Å²) in [5, 5.41) is 8.81. The smallest absolute Gasteiger partial charge is 0.337 e. The first-order valence-corrected chi connectivity index (χ1v) is 8.86. The van der Waals surface area contributed by atoms with Gasteiger partial charge < -0.3 is 5.11 Å². The number of hydrogen-bond donors (Lipinski definition) is 1. The molecule has 0 heterocycles. The van der Waals surface area contributed by atoms with Gasteiger partial charge in [0.2, 0.25) is 0 Å². The van der Waals surface area contributed by atoms with Crippen LogP contribution in [-0.4, -0.2) is 34.2 Å². The summed E-state index contributed by atoms with van der Waals surface area (Å²) < 4.78 is 44.6. The van der Waals surface area contributed by atoms with E-state index in [4.69, 9.17) is 15.8 Å². The summed E-state index contributed by atoms with van der Waals surface area (Å²) in [6, 6.07) is 3.20. The largest absolute Gasteiger partial charge is 0.478 e. The van der Waals surface area contributed by atoms with Gasteiger partial charge in [-0.3, -0.25) is 0 Å². The number of carboxylic acids is 1. The molecule has 0 unspecified atom stereocenters. The zero-order valence-electron chi connectivity index (χ0n) is 9.12. The number of hydrogen-bond acceptors (Lipinski definition) is 5. The molecule has 100 valence electrons. The van der Waals surface area contributed by atoms with Crippen LogP contribution in [0.1, 0.15) is 15.9 Å². The molecule has 0 atom stereocenters. The monoisotopic (exact) mass is 312 g/mol. The van der Waals surface area contributed by atoms with Gasteiger partial charge in [-0.2, -0.15) is 0 Å². The van der Waals surface area contributed by atoms with E-state index in [-0.39, 0.29) is 5.56 Å². The first-order valence-electron chi connectivity index (χ1n) is 4.49. The fraction of sp³-hybridized carbons (Fsp3) is 0.222. The normalized spacial score (nSPS) is 12.3. The maximum absolute atomic E-state index is 11.2. The standard InChI is InChI=1S/C9H9ClO6S2/c1-17(13,14)5-6-2-3-7(9(11)12)8(4-6)18(10,15)16/h2-4H,5H2,1H3,(H,11,12). The summed E-state index contributed by atoms with van der Waals surface area (Å²) >= 11 is 0. The number of aromatic carboxylic acids is 1. The van der Waals surface area contributed by atoms with Crippen molar-refractivity contribution >= 4 is 35.5 Å². The van der Waals surface area contributed by atoms with E-state index >= 15 is 0 Å². The molecular weight excluding hydrogens is 304 g/mol. The molecule has 0 aromatic heterocycles. The Morgan fingerprint density at radius 3 is 2.22 bits per heavy atom. The van der Waals surface area contributed by atoms with Gasteiger partial charge in [-0.25, -0.2) is 21.6 Å². The zero-order valence-corrected chi connectivity index (χ0v) is 11.5. The molecule has 1 N–H and O–H groups in total. The minimum absolute atomic E-state index is 0.154. The minimum atomic E-state index is -4.26. The lowest BCUT2D eigenvalue weighted by atomic mass is 10.1. The molecule has 0 aliphatic heterocycles. The number of carbonyl (C=O) groups is 1. The predicted octanol–water partition coefficient (Wildman–Crippen LogP) is 0.857. The van der Waals surface area contributed by atoms with E-state index in [0.29, 0.717) is 0 Å². The highest BCUT2D eigenvalue weighted by atomic mass is 35.7. The number of sulfone groups is 1. The molecule has 9 heteroatoms. The van der Waals surface area contributed by atoms with Crippen LogP contribution in [0.3, 0.4) is 0 Å². The van der Waals surface area contributed by atoms with Crippen molar-refractivity contribution in [2.45, 2.75) is 10.6 Å². The highest BCUT2D eigenvalue weighted by Crippen LogP contribution is 2.22. The summed E-state index contributed by atoms with van der Waals surface area (Å²) in [5.41, 5.74) is -0.344. The van der Waals surface area contributed by atoms with Gasteiger partial charge in [-0.05, 0) is 17.7 Å². The van der Waals surface area contributed by atoms with E-state index in [1.54, 1.807) is 0 Å². The Hall–Kier alpha value is -1.12. The molecule has 1 rings (SSSR count). The summed E-state index contributed by atoms with van der Waals surface area (Å²) in [7, 11) is -2.51. The average Bonchev–Trinajstić information content (AvgIpc) is 2.13. The van der Waals surface area contributed by atoms with Crippen molar-refractivity contribution in [3.05, 3.63) is 29.3 Å². The van der Waals surface area contributed by atoms with Gasteiger partial charge in [0.25, 0.3) is 9.05 Å². The van der Waals surface area contributed by atoms with E-state index in [0.717, 1.165) is 18.4 Å². The Bertz CT molecular complexity index is 690. The minimum Gasteiger partial charge on any atom is -0.478 e. The third kappa shape index (κ3) is 3.97. The molecule has 0 spiro atoms. The van der Waals surface area contributed by atoms with Gasteiger partial charge in [-0.15, -0.1) is 0 Å². The maximum atomic E-state index is 11.2. The quantitative estimate of drug-likeness (QED) is 0.826. The predicted molar refractivity (Wildman–Crippen MR) is 65.0 cm³/mol. The molecule has 1 aromatic rings. The fourth-order valence-corrected chi connectivity index (χ4v) is 3.22. The SMILES string of the molecule is CS(=O)(=O)Cc1ccc(C(=O)O)c(S(=O)(=O)Cl)c1. The van der Waals surface area contributed by atoms with Crippen molar-refractivity contribution in [2.24, 2.45) is 0 Å². The van der Waals surface area contributed by atoms with Crippen LogP contribution < -0.4 is 0 Å². The maximum Gasteiger partial charge on any atom is 0.337 e. The number of halogens is 1. The van der Waals surface area contributed by atoms with E-state index in [9.17, 15) is 21.6 Å². The molecular formula is C9H9ClO6S2. The third-order valence-corrected chi connectivity index (χ3v) is 4.19.